The molecule has 0 fully saturated rings. The molecular formula is C6H8ClO4. The van der Waals surface area contributed by atoms with Gasteiger partial charge in [0.25, 0.3) is 0 Å². The first-order valence-corrected chi connectivity index (χ1v) is 3.51. The number of esters is 1. The van der Waals surface area contributed by atoms with Gasteiger partial charge in [0.15, 0.2) is 6.10 Å². The van der Waals surface area contributed by atoms with Gasteiger partial charge in [0, 0.05) is 0 Å². The summed E-state index contributed by atoms with van der Waals surface area (Å²) in [6, 6.07) is 0. The Hall–Kier alpha value is -0.770. The molecule has 5 heteroatoms. The second-order valence-corrected chi connectivity index (χ2v) is 2.08. The minimum Gasteiger partial charge on any atom is -0.462 e. The standard InChI is InChI=1S/C6H8ClO4/c1-5(11-4-8)6(9)10-3-2-7/h5H,2-3H2,1H3. The fraction of sp³-hybridized carbons (Fsp3) is 0.667. The van der Waals surface area contributed by atoms with Crippen LogP contribution in [0.3, 0.4) is 0 Å². The monoisotopic (exact) mass is 179 g/mol. The molecule has 0 amide bonds. The lowest BCUT2D eigenvalue weighted by atomic mass is 10.4. The van der Waals surface area contributed by atoms with Crippen LogP contribution < -0.4 is 0 Å². The molecule has 63 valence electrons. The van der Waals surface area contributed by atoms with Crippen LogP contribution in [-0.4, -0.2) is 31.0 Å². The highest BCUT2D eigenvalue weighted by Crippen LogP contribution is 1.92. The topological polar surface area (TPSA) is 52.6 Å². The summed E-state index contributed by atoms with van der Waals surface area (Å²) in [6.07, 6.45) is -0.907. The summed E-state index contributed by atoms with van der Waals surface area (Å²) in [4.78, 5) is 20.3. The first-order chi connectivity index (χ1) is 5.22. The van der Waals surface area contributed by atoms with E-state index in [1.807, 2.05) is 0 Å². The highest BCUT2D eigenvalue weighted by atomic mass is 35.5. The van der Waals surface area contributed by atoms with E-state index >= 15 is 0 Å². The number of ether oxygens (including phenoxy) is 2. The van der Waals surface area contributed by atoms with Crippen molar-refractivity contribution in [1.29, 1.82) is 0 Å². The van der Waals surface area contributed by atoms with Crippen LogP contribution in [0.25, 0.3) is 0 Å². The van der Waals surface area contributed by atoms with Gasteiger partial charge in [0.2, 0.25) is 0 Å². The molecule has 0 aliphatic heterocycles. The Labute approximate surface area is 69.4 Å². The predicted molar refractivity (Wildman–Crippen MR) is 37.9 cm³/mol. The molecule has 0 spiro atoms. The Morgan fingerprint density at radius 2 is 2.36 bits per heavy atom. The van der Waals surface area contributed by atoms with Gasteiger partial charge in [-0.2, -0.15) is 0 Å². The number of halogens is 1. The van der Waals surface area contributed by atoms with Crippen molar-refractivity contribution >= 4 is 24.0 Å². The van der Waals surface area contributed by atoms with Crippen molar-refractivity contribution in [3.8, 4) is 0 Å². The number of carbonyl (C=O) groups is 1. The number of alkyl halides is 1. The number of carbonyl (C=O) groups excluding carboxylic acids is 2. The number of hydrogen-bond donors (Lipinski definition) is 0. The second kappa shape index (κ2) is 5.97. The van der Waals surface area contributed by atoms with Crippen molar-refractivity contribution in [3.63, 3.8) is 0 Å². The Morgan fingerprint density at radius 3 is 2.82 bits per heavy atom. The first kappa shape index (κ1) is 10.2. The fourth-order valence-electron chi connectivity index (χ4n) is 0.377. The third kappa shape index (κ3) is 4.61. The SMILES string of the molecule is CC(O[C]=O)C(=O)OCCCl. The number of hydrogen-bond acceptors (Lipinski definition) is 4. The van der Waals surface area contributed by atoms with E-state index in [9.17, 15) is 9.59 Å². The zero-order chi connectivity index (χ0) is 8.69. The molecule has 1 unspecified atom stereocenters. The molecule has 0 aromatic rings. The van der Waals surface area contributed by atoms with Crippen LogP contribution in [0.5, 0.6) is 0 Å². The molecule has 0 aromatic heterocycles. The predicted octanol–water partition coefficient (Wildman–Crippen LogP) is 0.241. The molecule has 0 saturated carbocycles. The zero-order valence-corrected chi connectivity index (χ0v) is 6.76. The molecule has 1 atom stereocenters. The lowest BCUT2D eigenvalue weighted by Crippen LogP contribution is -2.23. The summed E-state index contributed by atoms with van der Waals surface area (Å²) < 4.78 is 8.71. The lowest BCUT2D eigenvalue weighted by molar-refractivity contribution is -0.151. The van der Waals surface area contributed by atoms with E-state index in [1.165, 1.54) is 6.92 Å². The van der Waals surface area contributed by atoms with Crippen molar-refractivity contribution in [2.45, 2.75) is 13.0 Å². The minimum atomic E-state index is -0.907. The highest BCUT2D eigenvalue weighted by Gasteiger charge is 2.14. The first-order valence-electron chi connectivity index (χ1n) is 2.97. The normalized spacial score (nSPS) is 11.8. The van der Waals surface area contributed by atoms with Gasteiger partial charge in [-0.3, -0.25) is 0 Å². The van der Waals surface area contributed by atoms with E-state index < -0.39 is 12.1 Å². The third-order valence-electron chi connectivity index (χ3n) is 0.878. The molecule has 11 heavy (non-hydrogen) atoms. The van der Waals surface area contributed by atoms with Gasteiger partial charge in [0.1, 0.15) is 6.61 Å². The van der Waals surface area contributed by atoms with Gasteiger partial charge in [-0.15, -0.1) is 11.6 Å². The van der Waals surface area contributed by atoms with Crippen LogP contribution in [0.1, 0.15) is 6.92 Å². The molecule has 0 N–H and O–H groups in total. The van der Waals surface area contributed by atoms with E-state index in [0.717, 1.165) is 6.47 Å². The van der Waals surface area contributed by atoms with Crippen molar-refractivity contribution in [2.24, 2.45) is 0 Å². The summed E-state index contributed by atoms with van der Waals surface area (Å²) in [5.41, 5.74) is 0. The van der Waals surface area contributed by atoms with Gasteiger partial charge >= 0.3 is 12.4 Å². The zero-order valence-electron chi connectivity index (χ0n) is 6.00. The Balaban J connectivity index is 3.54. The highest BCUT2D eigenvalue weighted by molar-refractivity contribution is 6.18. The molecule has 0 aliphatic carbocycles. The molecule has 0 heterocycles. The van der Waals surface area contributed by atoms with Crippen molar-refractivity contribution in [2.75, 3.05) is 12.5 Å². The summed E-state index contributed by atoms with van der Waals surface area (Å²) in [5.74, 6) is -0.391. The van der Waals surface area contributed by atoms with Crippen molar-refractivity contribution < 1.29 is 19.1 Å². The quantitative estimate of drug-likeness (QED) is 0.448. The molecular weight excluding hydrogens is 172 g/mol. The summed E-state index contributed by atoms with van der Waals surface area (Å²) in [5, 5.41) is 0. The van der Waals surface area contributed by atoms with Crippen LogP contribution in [0.15, 0.2) is 0 Å². The van der Waals surface area contributed by atoms with Crippen LogP contribution in [-0.2, 0) is 19.1 Å². The summed E-state index contributed by atoms with van der Waals surface area (Å²) in [6.45, 7) is 2.65. The molecule has 0 aromatic carbocycles. The molecule has 0 rings (SSSR count). The Bertz CT molecular complexity index is 137. The van der Waals surface area contributed by atoms with Crippen molar-refractivity contribution in [1.82, 2.24) is 0 Å². The molecule has 1 radical (unpaired) electrons. The van der Waals surface area contributed by atoms with E-state index in [2.05, 4.69) is 9.47 Å². The Morgan fingerprint density at radius 1 is 1.73 bits per heavy atom. The second-order valence-electron chi connectivity index (χ2n) is 1.70. The largest absolute Gasteiger partial charge is 0.462 e. The van der Waals surface area contributed by atoms with Gasteiger partial charge in [-0.1, -0.05) is 0 Å². The van der Waals surface area contributed by atoms with Gasteiger partial charge in [-0.05, 0) is 6.92 Å². The smallest absolute Gasteiger partial charge is 0.418 e. The van der Waals surface area contributed by atoms with E-state index in [-0.39, 0.29) is 12.5 Å². The molecule has 0 bridgehead atoms. The minimum absolute atomic E-state index is 0.118. The third-order valence-corrected chi connectivity index (χ3v) is 1.03. The van der Waals surface area contributed by atoms with Gasteiger partial charge in [-0.25, -0.2) is 9.59 Å². The van der Waals surface area contributed by atoms with Crippen molar-refractivity contribution in [3.05, 3.63) is 0 Å². The van der Waals surface area contributed by atoms with Gasteiger partial charge < -0.3 is 9.47 Å². The molecule has 0 saturated heterocycles. The van der Waals surface area contributed by atoms with Gasteiger partial charge in [0.05, 0.1) is 5.88 Å². The number of rotatable bonds is 5. The maximum atomic E-state index is 10.7. The van der Waals surface area contributed by atoms with Crippen LogP contribution in [0.2, 0.25) is 0 Å². The maximum absolute atomic E-state index is 10.7. The molecule has 4 nitrogen and oxygen atoms in total. The molecule has 0 aliphatic rings. The van der Waals surface area contributed by atoms with Crippen LogP contribution in [0, 0.1) is 0 Å². The summed E-state index contributed by atoms with van der Waals surface area (Å²) >= 11 is 5.23. The fourth-order valence-corrected chi connectivity index (χ4v) is 0.454. The van der Waals surface area contributed by atoms with E-state index in [1.54, 1.807) is 0 Å². The lowest BCUT2D eigenvalue weighted by Gasteiger charge is -2.06. The maximum Gasteiger partial charge on any atom is 0.418 e. The van der Waals surface area contributed by atoms with E-state index in [4.69, 9.17) is 11.6 Å². The van der Waals surface area contributed by atoms with Crippen LogP contribution in [0.4, 0.5) is 0 Å². The summed E-state index contributed by atoms with van der Waals surface area (Å²) in [7, 11) is 0. The average molecular weight is 180 g/mol. The average Bonchev–Trinajstić information content (AvgIpc) is 2.00. The van der Waals surface area contributed by atoms with E-state index in [0.29, 0.717) is 0 Å². The van der Waals surface area contributed by atoms with Crippen LogP contribution >= 0.6 is 11.6 Å². The Kier molecular flexibility index (Phi) is 5.56.